The molecule has 0 amide bonds. The van der Waals surface area contributed by atoms with Crippen LogP contribution in [-0.4, -0.2) is 14.2 Å². The van der Waals surface area contributed by atoms with Gasteiger partial charge in [-0.05, 0) is 35.5 Å². The summed E-state index contributed by atoms with van der Waals surface area (Å²) >= 11 is 1.78. The van der Waals surface area contributed by atoms with Gasteiger partial charge in [-0.3, -0.25) is 0 Å². The zero-order valence-electron chi connectivity index (χ0n) is 11.6. The molecule has 3 rings (SSSR count). The third-order valence-corrected chi connectivity index (χ3v) is 4.50. The molecule has 1 aromatic heterocycles. The zero-order chi connectivity index (χ0) is 13.9. The molecule has 0 saturated carbocycles. The molecule has 2 nitrogen and oxygen atoms in total. The van der Waals surface area contributed by atoms with E-state index < -0.39 is 0 Å². The van der Waals surface area contributed by atoms with E-state index in [1.807, 2.05) is 13.1 Å². The fourth-order valence-corrected chi connectivity index (χ4v) is 3.48. The Labute approximate surface area is 123 Å². The van der Waals surface area contributed by atoms with Crippen LogP contribution in [0.2, 0.25) is 0 Å². The minimum absolute atomic E-state index is 0.214. The van der Waals surface area contributed by atoms with Crippen LogP contribution in [0.4, 0.5) is 0 Å². The number of methoxy groups -OCH3 is 1. The van der Waals surface area contributed by atoms with Gasteiger partial charge in [-0.2, -0.15) is 0 Å². The summed E-state index contributed by atoms with van der Waals surface area (Å²) in [6.07, 6.45) is 0. The molecule has 0 aliphatic carbocycles. The molecule has 20 heavy (non-hydrogen) atoms. The highest BCUT2D eigenvalue weighted by Gasteiger charge is 2.16. The van der Waals surface area contributed by atoms with Crippen LogP contribution in [-0.2, 0) is 0 Å². The van der Waals surface area contributed by atoms with E-state index in [4.69, 9.17) is 4.74 Å². The molecule has 1 N–H and O–H groups in total. The lowest BCUT2D eigenvalue weighted by atomic mass is 9.97. The van der Waals surface area contributed by atoms with Crippen molar-refractivity contribution in [2.45, 2.75) is 6.04 Å². The van der Waals surface area contributed by atoms with Crippen molar-refractivity contribution in [2.24, 2.45) is 0 Å². The summed E-state index contributed by atoms with van der Waals surface area (Å²) in [5.41, 5.74) is 1.28. The number of hydrogen-bond acceptors (Lipinski definition) is 3. The van der Waals surface area contributed by atoms with Crippen LogP contribution in [0, 0.1) is 0 Å². The standard InChI is InChI=1S/C17H17NOS/c1-18-17(16-8-5-11-20-16)14-9-10-15(19-2)13-7-4-3-6-12(13)14/h3-11,17-18H,1-2H3. The number of fused-ring (bicyclic) bond motifs is 1. The van der Waals surface area contributed by atoms with E-state index in [2.05, 4.69) is 53.2 Å². The second-order valence-electron chi connectivity index (χ2n) is 4.64. The monoisotopic (exact) mass is 283 g/mol. The molecule has 0 spiro atoms. The summed E-state index contributed by atoms with van der Waals surface area (Å²) in [4.78, 5) is 1.32. The highest BCUT2D eigenvalue weighted by molar-refractivity contribution is 7.10. The Bertz CT molecular complexity index is 706. The first-order chi connectivity index (χ1) is 9.85. The van der Waals surface area contributed by atoms with Crippen LogP contribution in [0.25, 0.3) is 10.8 Å². The van der Waals surface area contributed by atoms with E-state index in [1.54, 1.807) is 18.4 Å². The number of nitrogens with one attached hydrogen (secondary N) is 1. The third-order valence-electron chi connectivity index (χ3n) is 3.57. The molecule has 0 fully saturated rings. The number of benzene rings is 2. The maximum absolute atomic E-state index is 5.47. The Morgan fingerprint density at radius 2 is 1.80 bits per heavy atom. The predicted molar refractivity (Wildman–Crippen MR) is 85.7 cm³/mol. The van der Waals surface area contributed by atoms with E-state index in [0.29, 0.717) is 0 Å². The molecule has 102 valence electrons. The van der Waals surface area contributed by atoms with Crippen LogP contribution in [0.5, 0.6) is 5.75 Å². The smallest absolute Gasteiger partial charge is 0.126 e. The third kappa shape index (κ3) is 2.19. The van der Waals surface area contributed by atoms with Crippen LogP contribution in [0.15, 0.2) is 53.9 Å². The quantitative estimate of drug-likeness (QED) is 0.774. The predicted octanol–water partition coefficient (Wildman–Crippen LogP) is 4.22. The van der Waals surface area contributed by atoms with Crippen LogP contribution >= 0.6 is 11.3 Å². The SMILES string of the molecule is CNC(c1cccs1)c1ccc(OC)c2ccccc12. The van der Waals surface area contributed by atoms with E-state index in [9.17, 15) is 0 Å². The van der Waals surface area contributed by atoms with E-state index in [1.165, 1.54) is 15.8 Å². The molecule has 1 atom stereocenters. The molecular formula is C17H17NOS. The Kier molecular flexibility index (Phi) is 3.72. The maximum atomic E-state index is 5.47. The highest BCUT2D eigenvalue weighted by Crippen LogP contribution is 2.35. The van der Waals surface area contributed by atoms with Crippen molar-refractivity contribution in [1.29, 1.82) is 0 Å². The van der Waals surface area contributed by atoms with Gasteiger partial charge >= 0.3 is 0 Å². The van der Waals surface area contributed by atoms with Gasteiger partial charge in [-0.15, -0.1) is 11.3 Å². The van der Waals surface area contributed by atoms with E-state index >= 15 is 0 Å². The van der Waals surface area contributed by atoms with Gasteiger partial charge in [0.15, 0.2) is 0 Å². The molecule has 0 aliphatic rings. The molecule has 3 aromatic rings. The summed E-state index contributed by atoms with van der Waals surface area (Å²) in [7, 11) is 3.72. The largest absolute Gasteiger partial charge is 0.496 e. The number of rotatable bonds is 4. The second kappa shape index (κ2) is 5.65. The van der Waals surface area contributed by atoms with Crippen molar-refractivity contribution < 1.29 is 4.74 Å². The van der Waals surface area contributed by atoms with Crippen molar-refractivity contribution in [3.63, 3.8) is 0 Å². The summed E-state index contributed by atoms with van der Waals surface area (Å²) in [6.45, 7) is 0. The van der Waals surface area contributed by atoms with Crippen LogP contribution < -0.4 is 10.1 Å². The number of hydrogen-bond donors (Lipinski definition) is 1. The van der Waals surface area contributed by atoms with Gasteiger partial charge in [0, 0.05) is 10.3 Å². The van der Waals surface area contributed by atoms with Crippen molar-refractivity contribution in [2.75, 3.05) is 14.2 Å². The lowest BCUT2D eigenvalue weighted by molar-refractivity contribution is 0.419. The minimum atomic E-state index is 0.214. The van der Waals surface area contributed by atoms with Crippen molar-refractivity contribution >= 4 is 22.1 Å². The van der Waals surface area contributed by atoms with Gasteiger partial charge < -0.3 is 10.1 Å². The van der Waals surface area contributed by atoms with Crippen molar-refractivity contribution in [3.8, 4) is 5.75 Å². The lowest BCUT2D eigenvalue weighted by Gasteiger charge is -2.18. The molecular weight excluding hydrogens is 266 g/mol. The molecule has 0 saturated heterocycles. The Hall–Kier alpha value is -1.84. The fraction of sp³-hybridized carbons (Fsp3) is 0.176. The number of ether oxygens (including phenoxy) is 1. The van der Waals surface area contributed by atoms with Crippen LogP contribution in [0.3, 0.4) is 0 Å². The summed E-state index contributed by atoms with van der Waals surface area (Å²) in [5.74, 6) is 0.922. The van der Waals surface area contributed by atoms with E-state index in [-0.39, 0.29) is 6.04 Å². The van der Waals surface area contributed by atoms with E-state index in [0.717, 1.165) is 11.1 Å². The van der Waals surface area contributed by atoms with Gasteiger partial charge in [0.2, 0.25) is 0 Å². The van der Waals surface area contributed by atoms with Gasteiger partial charge in [0.05, 0.1) is 13.2 Å². The normalized spacial score (nSPS) is 12.5. The summed E-state index contributed by atoms with van der Waals surface area (Å²) < 4.78 is 5.47. The molecule has 3 heteroatoms. The van der Waals surface area contributed by atoms with Crippen LogP contribution in [0.1, 0.15) is 16.5 Å². The summed E-state index contributed by atoms with van der Waals surface area (Å²) in [6, 6.07) is 17.1. The average Bonchev–Trinajstić information content (AvgIpc) is 3.02. The molecule has 1 unspecified atom stereocenters. The van der Waals surface area contributed by atoms with Gasteiger partial charge in [0.25, 0.3) is 0 Å². The van der Waals surface area contributed by atoms with Gasteiger partial charge in [0.1, 0.15) is 5.75 Å². The summed E-state index contributed by atoms with van der Waals surface area (Å²) in [5, 5.41) is 7.93. The number of thiophene rings is 1. The Balaban J connectivity index is 2.21. The maximum Gasteiger partial charge on any atom is 0.126 e. The average molecular weight is 283 g/mol. The first-order valence-electron chi connectivity index (χ1n) is 6.61. The Morgan fingerprint density at radius 3 is 2.45 bits per heavy atom. The molecule has 0 radical (unpaired) electrons. The van der Waals surface area contributed by atoms with Crippen molar-refractivity contribution in [3.05, 3.63) is 64.4 Å². The lowest BCUT2D eigenvalue weighted by Crippen LogP contribution is -2.16. The molecule has 0 bridgehead atoms. The topological polar surface area (TPSA) is 21.3 Å². The van der Waals surface area contributed by atoms with Crippen molar-refractivity contribution in [1.82, 2.24) is 5.32 Å². The zero-order valence-corrected chi connectivity index (χ0v) is 12.4. The first-order valence-corrected chi connectivity index (χ1v) is 7.49. The minimum Gasteiger partial charge on any atom is -0.496 e. The van der Waals surface area contributed by atoms with Gasteiger partial charge in [-0.25, -0.2) is 0 Å². The second-order valence-corrected chi connectivity index (χ2v) is 5.62. The highest BCUT2D eigenvalue weighted by atomic mass is 32.1. The molecule has 2 aromatic carbocycles. The first kappa shape index (κ1) is 13.2. The fourth-order valence-electron chi connectivity index (χ4n) is 2.63. The molecule has 0 aliphatic heterocycles. The Morgan fingerprint density at radius 1 is 1.00 bits per heavy atom. The van der Waals surface area contributed by atoms with Gasteiger partial charge in [-0.1, -0.05) is 36.4 Å². The molecule has 1 heterocycles.